The fourth-order valence-electron chi connectivity index (χ4n) is 3.78. The first-order chi connectivity index (χ1) is 13.4. The Morgan fingerprint density at radius 3 is 2.39 bits per heavy atom. The number of para-hydroxylation sites is 1. The molecule has 2 aromatic rings. The van der Waals surface area contributed by atoms with Crippen molar-refractivity contribution in [2.45, 2.75) is 38.5 Å². The number of benzene rings is 2. The molecule has 1 saturated carbocycles. The van der Waals surface area contributed by atoms with Crippen molar-refractivity contribution in [3.63, 3.8) is 0 Å². The van der Waals surface area contributed by atoms with E-state index in [1.807, 2.05) is 48.5 Å². The van der Waals surface area contributed by atoms with Gasteiger partial charge in [0, 0.05) is 18.0 Å². The summed E-state index contributed by atoms with van der Waals surface area (Å²) in [5.41, 5.74) is 3.71. The van der Waals surface area contributed by atoms with E-state index in [4.69, 9.17) is 0 Å². The molecule has 1 aliphatic rings. The van der Waals surface area contributed by atoms with Gasteiger partial charge in [0.05, 0.1) is 11.9 Å². The number of amides is 1. The lowest BCUT2D eigenvalue weighted by atomic mass is 9.88. The summed E-state index contributed by atoms with van der Waals surface area (Å²) in [5.74, 6) is 0.125. The van der Waals surface area contributed by atoms with Crippen molar-refractivity contribution in [1.82, 2.24) is 4.72 Å². The minimum Gasteiger partial charge on any atom is -0.325 e. The third-order valence-corrected chi connectivity index (χ3v) is 5.95. The van der Waals surface area contributed by atoms with Crippen LogP contribution in [-0.4, -0.2) is 27.1 Å². The Morgan fingerprint density at radius 1 is 1.00 bits per heavy atom. The van der Waals surface area contributed by atoms with Gasteiger partial charge in [-0.1, -0.05) is 67.8 Å². The van der Waals surface area contributed by atoms with Gasteiger partial charge in [-0.25, -0.2) is 13.1 Å². The van der Waals surface area contributed by atoms with E-state index in [0.29, 0.717) is 13.0 Å². The number of carbonyl (C=O) groups is 1. The first-order valence-corrected chi connectivity index (χ1v) is 11.8. The fraction of sp³-hybridized carbons (Fsp3) is 0.409. The molecule has 0 radical (unpaired) electrons. The third-order valence-electron chi connectivity index (χ3n) is 5.22. The molecule has 0 bridgehead atoms. The normalized spacial score (nSPS) is 15.3. The molecule has 0 aliphatic heterocycles. The van der Waals surface area contributed by atoms with Crippen LogP contribution < -0.4 is 10.0 Å². The van der Waals surface area contributed by atoms with Crippen molar-refractivity contribution in [3.8, 4) is 11.1 Å². The molecule has 2 aromatic carbocycles. The molecule has 1 amide bonds. The van der Waals surface area contributed by atoms with Crippen LogP contribution in [0.5, 0.6) is 0 Å². The molecule has 6 heteroatoms. The molecule has 2 N–H and O–H groups in total. The highest BCUT2D eigenvalue weighted by atomic mass is 32.2. The molecular weight excluding hydrogens is 372 g/mol. The van der Waals surface area contributed by atoms with Crippen LogP contribution in [0.2, 0.25) is 0 Å². The molecule has 1 aliphatic carbocycles. The Bertz CT molecular complexity index is 905. The maximum absolute atomic E-state index is 12.9. The van der Waals surface area contributed by atoms with Crippen molar-refractivity contribution in [2.75, 3.05) is 18.1 Å². The van der Waals surface area contributed by atoms with Gasteiger partial charge in [-0.2, -0.15) is 0 Å². The zero-order valence-electron chi connectivity index (χ0n) is 16.3. The maximum Gasteiger partial charge on any atom is 0.227 e. The van der Waals surface area contributed by atoms with Gasteiger partial charge < -0.3 is 5.32 Å². The fourth-order valence-corrected chi connectivity index (χ4v) is 4.25. The van der Waals surface area contributed by atoms with E-state index in [1.165, 1.54) is 6.42 Å². The quantitative estimate of drug-likeness (QED) is 0.739. The highest BCUT2D eigenvalue weighted by Crippen LogP contribution is 2.33. The van der Waals surface area contributed by atoms with Crippen LogP contribution >= 0.6 is 0 Å². The van der Waals surface area contributed by atoms with Crippen molar-refractivity contribution in [3.05, 3.63) is 54.1 Å². The van der Waals surface area contributed by atoms with Gasteiger partial charge in [0.25, 0.3) is 0 Å². The number of hydrogen-bond donors (Lipinski definition) is 2. The Kier molecular flexibility index (Phi) is 6.86. The summed E-state index contributed by atoms with van der Waals surface area (Å²) in [6.45, 7) is 0.295. The largest absolute Gasteiger partial charge is 0.325 e. The monoisotopic (exact) mass is 400 g/mol. The van der Waals surface area contributed by atoms with Crippen LogP contribution in [0.4, 0.5) is 5.69 Å². The summed E-state index contributed by atoms with van der Waals surface area (Å²) in [5, 5.41) is 3.18. The molecule has 5 nitrogen and oxygen atoms in total. The number of hydrogen-bond acceptors (Lipinski definition) is 3. The zero-order chi connectivity index (χ0) is 20.0. The van der Waals surface area contributed by atoms with E-state index >= 15 is 0 Å². The van der Waals surface area contributed by atoms with Crippen LogP contribution in [0, 0.1) is 5.92 Å². The summed E-state index contributed by atoms with van der Waals surface area (Å²) in [7, 11) is -3.25. The van der Waals surface area contributed by atoms with Crippen molar-refractivity contribution in [2.24, 2.45) is 5.92 Å². The summed E-state index contributed by atoms with van der Waals surface area (Å²) in [6.07, 6.45) is 6.93. The van der Waals surface area contributed by atoms with Crippen LogP contribution in [0.25, 0.3) is 11.1 Å². The van der Waals surface area contributed by atoms with E-state index in [-0.39, 0.29) is 11.8 Å². The van der Waals surface area contributed by atoms with Gasteiger partial charge in [0.2, 0.25) is 15.9 Å². The lowest BCUT2D eigenvalue weighted by Gasteiger charge is -2.23. The molecule has 0 heterocycles. The Hall–Kier alpha value is -2.18. The molecular formula is C22H28N2O3S. The minimum atomic E-state index is -3.25. The Balaban J connectivity index is 1.89. The van der Waals surface area contributed by atoms with E-state index in [2.05, 4.69) is 10.0 Å². The zero-order valence-corrected chi connectivity index (χ0v) is 17.1. The van der Waals surface area contributed by atoms with Crippen LogP contribution in [0.15, 0.2) is 48.5 Å². The molecule has 1 fully saturated rings. The highest BCUT2D eigenvalue weighted by Gasteiger charge is 2.23. The van der Waals surface area contributed by atoms with Crippen molar-refractivity contribution >= 4 is 21.6 Å². The average Bonchev–Trinajstić information content (AvgIpc) is 2.69. The highest BCUT2D eigenvalue weighted by molar-refractivity contribution is 7.88. The summed E-state index contributed by atoms with van der Waals surface area (Å²) < 4.78 is 25.3. The lowest BCUT2D eigenvalue weighted by Crippen LogP contribution is -2.27. The van der Waals surface area contributed by atoms with E-state index in [9.17, 15) is 13.2 Å². The molecule has 0 spiro atoms. The topological polar surface area (TPSA) is 75.3 Å². The van der Waals surface area contributed by atoms with E-state index in [1.54, 1.807) is 0 Å². The first kappa shape index (κ1) is 20.6. The molecule has 0 saturated heterocycles. The predicted octanol–water partition coefficient (Wildman–Crippen LogP) is 3.96. The molecule has 0 aromatic heterocycles. The predicted molar refractivity (Wildman–Crippen MR) is 114 cm³/mol. The molecule has 0 unspecified atom stereocenters. The SMILES string of the molecule is CS(=O)(=O)NCCc1cccc(-c2ccccc2)c1NC(=O)C1CCCCC1. The minimum absolute atomic E-state index is 0.0552. The van der Waals surface area contributed by atoms with Gasteiger partial charge >= 0.3 is 0 Å². The number of carbonyl (C=O) groups excluding carboxylic acids is 1. The van der Waals surface area contributed by atoms with Crippen LogP contribution in [0.3, 0.4) is 0 Å². The van der Waals surface area contributed by atoms with Gasteiger partial charge in [-0.3, -0.25) is 4.79 Å². The second kappa shape index (κ2) is 9.34. The maximum atomic E-state index is 12.9. The van der Waals surface area contributed by atoms with Crippen LogP contribution in [0.1, 0.15) is 37.7 Å². The van der Waals surface area contributed by atoms with Crippen molar-refractivity contribution in [1.29, 1.82) is 0 Å². The number of nitrogens with one attached hydrogen (secondary N) is 2. The molecule has 150 valence electrons. The number of sulfonamides is 1. The summed E-state index contributed by atoms with van der Waals surface area (Å²) in [4.78, 5) is 12.9. The van der Waals surface area contributed by atoms with Crippen molar-refractivity contribution < 1.29 is 13.2 Å². The van der Waals surface area contributed by atoms with E-state index < -0.39 is 10.0 Å². The van der Waals surface area contributed by atoms with E-state index in [0.717, 1.165) is 54.3 Å². The first-order valence-electron chi connectivity index (χ1n) is 9.87. The third kappa shape index (κ3) is 5.66. The Labute approximate surface area is 167 Å². The number of rotatable bonds is 7. The van der Waals surface area contributed by atoms with Gasteiger partial charge in [0.15, 0.2) is 0 Å². The number of anilines is 1. The van der Waals surface area contributed by atoms with Gasteiger partial charge in [0.1, 0.15) is 0 Å². The molecule has 28 heavy (non-hydrogen) atoms. The van der Waals surface area contributed by atoms with Crippen LogP contribution in [-0.2, 0) is 21.2 Å². The van der Waals surface area contributed by atoms with Gasteiger partial charge in [-0.05, 0) is 30.4 Å². The second-order valence-corrected chi connectivity index (χ2v) is 9.28. The smallest absolute Gasteiger partial charge is 0.227 e. The molecule has 3 rings (SSSR count). The summed E-state index contributed by atoms with van der Waals surface area (Å²) >= 11 is 0. The second-order valence-electron chi connectivity index (χ2n) is 7.45. The Morgan fingerprint density at radius 2 is 1.71 bits per heavy atom. The average molecular weight is 401 g/mol. The van der Waals surface area contributed by atoms with Gasteiger partial charge in [-0.15, -0.1) is 0 Å². The summed E-state index contributed by atoms with van der Waals surface area (Å²) in [6, 6.07) is 15.8. The lowest BCUT2D eigenvalue weighted by molar-refractivity contribution is -0.120. The molecule has 0 atom stereocenters. The standard InChI is InChI=1S/C22H28N2O3S/c1-28(26,27)23-16-15-18-13-8-14-20(17-9-4-2-5-10-17)21(18)24-22(25)19-11-6-3-7-12-19/h2,4-5,8-10,13-14,19,23H,3,6-7,11-12,15-16H2,1H3,(H,24,25).